The lowest BCUT2D eigenvalue weighted by Gasteiger charge is -2.42. The highest BCUT2D eigenvalue weighted by atomic mass is 16.5. The molecule has 9 heteroatoms. The fourth-order valence-electron chi connectivity index (χ4n) is 4.66. The molecule has 202 valence electrons. The SMILES string of the molecule is COc1ccc(CCNC(=O)N2CCN(C(=Nc3ccccc3C)NC#N)CC2c2ccccc2)cc1OC. The molecule has 3 aromatic rings. The van der Waals surface area contributed by atoms with Crippen molar-refractivity contribution in [3.05, 3.63) is 89.5 Å². The minimum atomic E-state index is -0.219. The van der Waals surface area contributed by atoms with Crippen molar-refractivity contribution in [1.82, 2.24) is 20.4 Å². The normalized spacial score (nSPS) is 15.3. The van der Waals surface area contributed by atoms with Gasteiger partial charge in [0.2, 0.25) is 5.96 Å². The van der Waals surface area contributed by atoms with Gasteiger partial charge in [0.15, 0.2) is 17.7 Å². The van der Waals surface area contributed by atoms with E-state index in [1.807, 2.05) is 95.7 Å². The highest BCUT2D eigenvalue weighted by Gasteiger charge is 2.33. The van der Waals surface area contributed by atoms with E-state index in [1.165, 1.54) is 0 Å². The summed E-state index contributed by atoms with van der Waals surface area (Å²) in [6.07, 6.45) is 2.67. The number of rotatable bonds is 7. The van der Waals surface area contributed by atoms with Crippen molar-refractivity contribution in [3.8, 4) is 17.7 Å². The Morgan fingerprint density at radius 1 is 1.03 bits per heavy atom. The molecule has 0 spiro atoms. The van der Waals surface area contributed by atoms with Crippen molar-refractivity contribution in [2.45, 2.75) is 19.4 Å². The molecule has 1 aliphatic rings. The van der Waals surface area contributed by atoms with Crippen LogP contribution in [0.15, 0.2) is 77.8 Å². The van der Waals surface area contributed by atoms with Gasteiger partial charge in [0.05, 0.1) is 25.9 Å². The van der Waals surface area contributed by atoms with E-state index in [2.05, 4.69) is 10.6 Å². The van der Waals surface area contributed by atoms with Crippen LogP contribution in [0.1, 0.15) is 22.7 Å². The van der Waals surface area contributed by atoms with E-state index >= 15 is 0 Å². The molecule has 1 atom stereocenters. The molecule has 1 heterocycles. The van der Waals surface area contributed by atoms with Crippen molar-refractivity contribution < 1.29 is 14.3 Å². The van der Waals surface area contributed by atoms with Gasteiger partial charge in [-0.1, -0.05) is 54.6 Å². The number of urea groups is 1. The van der Waals surface area contributed by atoms with Crippen molar-refractivity contribution in [1.29, 1.82) is 5.26 Å². The van der Waals surface area contributed by atoms with Gasteiger partial charge >= 0.3 is 6.03 Å². The Morgan fingerprint density at radius 3 is 2.49 bits per heavy atom. The summed E-state index contributed by atoms with van der Waals surface area (Å²) in [4.78, 5) is 22.0. The lowest BCUT2D eigenvalue weighted by molar-refractivity contribution is 0.126. The summed E-state index contributed by atoms with van der Waals surface area (Å²) >= 11 is 0. The second-order valence-electron chi connectivity index (χ2n) is 9.20. The average Bonchev–Trinajstić information content (AvgIpc) is 2.98. The number of aryl methyl sites for hydroxylation is 1. The molecule has 3 aromatic carbocycles. The standard InChI is InChI=1S/C30H34N6O3/c1-22-9-7-8-12-25(22)34-29(33-21-31)35-17-18-36(26(20-35)24-10-5-4-6-11-24)30(37)32-16-15-23-13-14-27(38-2)28(19-23)39-3/h4-14,19,26H,15-18,20H2,1-3H3,(H,32,37)(H,33,34). The fourth-order valence-corrected chi connectivity index (χ4v) is 4.66. The monoisotopic (exact) mass is 526 g/mol. The van der Waals surface area contributed by atoms with Crippen LogP contribution in [0.3, 0.4) is 0 Å². The van der Waals surface area contributed by atoms with Crippen LogP contribution in [0.2, 0.25) is 0 Å². The number of guanidine groups is 1. The van der Waals surface area contributed by atoms with Crippen molar-refractivity contribution >= 4 is 17.7 Å². The summed E-state index contributed by atoms with van der Waals surface area (Å²) in [5, 5.41) is 15.3. The lowest BCUT2D eigenvalue weighted by atomic mass is 10.0. The molecule has 9 nitrogen and oxygen atoms in total. The first-order valence-electron chi connectivity index (χ1n) is 12.9. The molecule has 0 aromatic heterocycles. The van der Waals surface area contributed by atoms with Crippen LogP contribution in [0.5, 0.6) is 11.5 Å². The molecule has 0 aliphatic carbocycles. The number of aliphatic imine (C=N–C) groups is 1. The third-order valence-electron chi connectivity index (χ3n) is 6.77. The molecule has 1 fully saturated rings. The maximum Gasteiger partial charge on any atom is 0.318 e. The van der Waals surface area contributed by atoms with Gasteiger partial charge in [-0.25, -0.2) is 9.79 Å². The lowest BCUT2D eigenvalue weighted by Crippen LogP contribution is -2.56. The molecule has 2 amide bonds. The van der Waals surface area contributed by atoms with Crippen LogP contribution < -0.4 is 20.1 Å². The minimum Gasteiger partial charge on any atom is -0.493 e. The molecular formula is C30H34N6O3. The molecular weight excluding hydrogens is 492 g/mol. The number of hydrogen-bond acceptors (Lipinski definition) is 5. The Kier molecular flexibility index (Phi) is 9.25. The molecule has 39 heavy (non-hydrogen) atoms. The van der Waals surface area contributed by atoms with E-state index in [0.29, 0.717) is 50.1 Å². The average molecular weight is 527 g/mol. The van der Waals surface area contributed by atoms with Gasteiger partial charge in [-0.3, -0.25) is 5.32 Å². The highest BCUT2D eigenvalue weighted by Crippen LogP contribution is 2.28. The van der Waals surface area contributed by atoms with E-state index in [4.69, 9.17) is 14.5 Å². The quantitative estimate of drug-likeness (QED) is 0.205. The van der Waals surface area contributed by atoms with Crippen LogP contribution in [-0.2, 0) is 6.42 Å². The van der Waals surface area contributed by atoms with Gasteiger partial charge in [0, 0.05) is 26.2 Å². The number of carbonyl (C=O) groups is 1. The van der Waals surface area contributed by atoms with Crippen LogP contribution in [0.4, 0.5) is 10.5 Å². The Hall–Kier alpha value is -4.71. The van der Waals surface area contributed by atoms with E-state index in [1.54, 1.807) is 14.2 Å². The van der Waals surface area contributed by atoms with Gasteiger partial charge in [0.1, 0.15) is 0 Å². The number of amides is 2. The summed E-state index contributed by atoms with van der Waals surface area (Å²) < 4.78 is 10.7. The van der Waals surface area contributed by atoms with Crippen molar-refractivity contribution in [2.75, 3.05) is 40.4 Å². The van der Waals surface area contributed by atoms with Gasteiger partial charge in [0.25, 0.3) is 0 Å². The number of hydrogen-bond donors (Lipinski definition) is 2. The van der Waals surface area contributed by atoms with Gasteiger partial charge < -0.3 is 24.6 Å². The number of carbonyl (C=O) groups excluding carboxylic acids is 1. The molecule has 4 rings (SSSR count). The third-order valence-corrected chi connectivity index (χ3v) is 6.77. The second-order valence-corrected chi connectivity index (χ2v) is 9.20. The molecule has 1 aliphatic heterocycles. The van der Waals surface area contributed by atoms with E-state index in [0.717, 1.165) is 22.4 Å². The number of para-hydroxylation sites is 1. The van der Waals surface area contributed by atoms with Crippen LogP contribution in [0, 0.1) is 18.4 Å². The van der Waals surface area contributed by atoms with E-state index in [9.17, 15) is 10.1 Å². The van der Waals surface area contributed by atoms with Crippen molar-refractivity contribution in [2.24, 2.45) is 4.99 Å². The Bertz CT molecular complexity index is 1340. The topological polar surface area (TPSA) is 102 Å². The zero-order chi connectivity index (χ0) is 27.6. The summed E-state index contributed by atoms with van der Waals surface area (Å²) in [5.74, 6) is 1.81. The van der Waals surface area contributed by atoms with Crippen molar-refractivity contribution in [3.63, 3.8) is 0 Å². The first kappa shape index (κ1) is 27.3. The second kappa shape index (κ2) is 13.2. The summed E-state index contributed by atoms with van der Waals surface area (Å²) in [6, 6.07) is 23.1. The number of nitrogens with zero attached hydrogens (tertiary/aromatic N) is 4. The largest absolute Gasteiger partial charge is 0.493 e. The van der Waals surface area contributed by atoms with Crippen LogP contribution in [-0.4, -0.2) is 62.2 Å². The number of methoxy groups -OCH3 is 2. The summed E-state index contributed by atoms with van der Waals surface area (Å²) in [5.41, 5.74) is 3.87. The molecule has 0 radical (unpaired) electrons. The number of benzene rings is 3. The predicted octanol–water partition coefficient (Wildman–Crippen LogP) is 4.38. The molecule has 1 unspecified atom stereocenters. The highest BCUT2D eigenvalue weighted by molar-refractivity contribution is 5.85. The van der Waals surface area contributed by atoms with Gasteiger partial charge in [-0.2, -0.15) is 5.26 Å². The zero-order valence-electron chi connectivity index (χ0n) is 22.6. The number of nitriles is 1. The third kappa shape index (κ3) is 6.79. The molecule has 2 N–H and O–H groups in total. The Balaban J connectivity index is 1.49. The van der Waals surface area contributed by atoms with E-state index in [-0.39, 0.29) is 12.1 Å². The number of ether oxygens (including phenoxy) is 2. The fraction of sp³-hybridized carbons (Fsp3) is 0.300. The minimum absolute atomic E-state index is 0.130. The maximum atomic E-state index is 13.4. The molecule has 1 saturated heterocycles. The smallest absolute Gasteiger partial charge is 0.318 e. The first-order chi connectivity index (χ1) is 19.0. The maximum absolute atomic E-state index is 13.4. The number of piperazine rings is 1. The predicted molar refractivity (Wildman–Crippen MR) is 151 cm³/mol. The summed E-state index contributed by atoms with van der Waals surface area (Å²) in [7, 11) is 3.21. The van der Waals surface area contributed by atoms with E-state index < -0.39 is 0 Å². The van der Waals surface area contributed by atoms with Gasteiger partial charge in [-0.05, 0) is 48.2 Å². The molecule has 0 saturated carbocycles. The van der Waals surface area contributed by atoms with Gasteiger partial charge in [-0.15, -0.1) is 0 Å². The van der Waals surface area contributed by atoms with Crippen LogP contribution >= 0.6 is 0 Å². The number of nitrogens with one attached hydrogen (secondary N) is 2. The zero-order valence-corrected chi connectivity index (χ0v) is 22.6. The Labute approximate surface area is 229 Å². The molecule has 0 bridgehead atoms. The van der Waals surface area contributed by atoms with Crippen LogP contribution in [0.25, 0.3) is 0 Å². The Morgan fingerprint density at radius 2 is 1.77 bits per heavy atom. The first-order valence-corrected chi connectivity index (χ1v) is 12.9. The summed E-state index contributed by atoms with van der Waals surface area (Å²) in [6.45, 7) is 3.96.